The van der Waals surface area contributed by atoms with Gasteiger partial charge in [-0.25, -0.2) is 4.79 Å². The summed E-state index contributed by atoms with van der Waals surface area (Å²) in [6.07, 6.45) is 8.09. The van der Waals surface area contributed by atoms with Crippen molar-refractivity contribution in [1.29, 1.82) is 0 Å². The minimum Gasteiger partial charge on any atom is -0.450 e. The molecule has 0 radical (unpaired) electrons. The molecule has 2 aliphatic heterocycles. The summed E-state index contributed by atoms with van der Waals surface area (Å²) in [5.41, 5.74) is 0. The smallest absolute Gasteiger partial charge is 0.409 e. The second-order valence-electron chi connectivity index (χ2n) is 7.95. The standard InChI is InChI=1S/C21H41N5O2/c1-4-22-20(23-13-7-9-15-25-14-8-6-10-18(25)3)24-19-11-16-26(17-12-19)21(27)28-5-2/h18-19H,4-17H2,1-3H3,(H2,22,23,24). The largest absolute Gasteiger partial charge is 0.450 e. The van der Waals surface area contributed by atoms with Gasteiger partial charge in [0.15, 0.2) is 5.96 Å². The topological polar surface area (TPSA) is 69.2 Å². The maximum atomic E-state index is 11.8. The van der Waals surface area contributed by atoms with Gasteiger partial charge in [-0.2, -0.15) is 0 Å². The number of hydrogen-bond acceptors (Lipinski definition) is 4. The molecule has 0 aromatic heterocycles. The van der Waals surface area contributed by atoms with Crippen molar-refractivity contribution in [1.82, 2.24) is 20.4 Å². The number of likely N-dealkylation sites (tertiary alicyclic amines) is 2. The molecule has 28 heavy (non-hydrogen) atoms. The zero-order valence-electron chi connectivity index (χ0n) is 18.2. The summed E-state index contributed by atoms with van der Waals surface area (Å²) in [7, 11) is 0. The Bertz CT molecular complexity index is 477. The molecule has 0 spiro atoms. The molecule has 162 valence electrons. The van der Waals surface area contributed by atoms with Crippen molar-refractivity contribution in [2.24, 2.45) is 4.99 Å². The molecule has 0 aromatic rings. The van der Waals surface area contributed by atoms with Gasteiger partial charge in [-0.15, -0.1) is 0 Å². The Morgan fingerprint density at radius 1 is 1.11 bits per heavy atom. The third-order valence-electron chi connectivity index (χ3n) is 5.77. The van der Waals surface area contributed by atoms with E-state index in [9.17, 15) is 4.79 Å². The first-order chi connectivity index (χ1) is 13.6. The van der Waals surface area contributed by atoms with Gasteiger partial charge in [0.1, 0.15) is 0 Å². The number of guanidine groups is 1. The van der Waals surface area contributed by atoms with E-state index < -0.39 is 0 Å². The molecule has 7 nitrogen and oxygen atoms in total. The number of carbonyl (C=O) groups is 1. The number of nitrogens with one attached hydrogen (secondary N) is 2. The van der Waals surface area contributed by atoms with Crippen LogP contribution in [0.25, 0.3) is 0 Å². The lowest BCUT2D eigenvalue weighted by atomic mass is 10.0. The lowest BCUT2D eigenvalue weighted by molar-refractivity contribution is 0.0963. The lowest BCUT2D eigenvalue weighted by Crippen LogP contribution is -2.49. The second-order valence-corrected chi connectivity index (χ2v) is 7.95. The van der Waals surface area contributed by atoms with Crippen LogP contribution in [0.15, 0.2) is 4.99 Å². The van der Waals surface area contributed by atoms with Crippen LogP contribution in [0, 0.1) is 0 Å². The Morgan fingerprint density at radius 2 is 1.89 bits per heavy atom. The highest BCUT2D eigenvalue weighted by Gasteiger charge is 2.24. The van der Waals surface area contributed by atoms with Crippen LogP contribution in [0.5, 0.6) is 0 Å². The van der Waals surface area contributed by atoms with Crippen molar-refractivity contribution < 1.29 is 9.53 Å². The Kier molecular flexibility index (Phi) is 10.5. The summed E-state index contributed by atoms with van der Waals surface area (Å²) in [6.45, 7) is 12.4. The Balaban J connectivity index is 1.67. The van der Waals surface area contributed by atoms with E-state index in [1.807, 2.05) is 6.92 Å². The van der Waals surface area contributed by atoms with Crippen molar-refractivity contribution in [2.45, 2.75) is 77.8 Å². The van der Waals surface area contributed by atoms with Crippen LogP contribution in [0.2, 0.25) is 0 Å². The predicted molar refractivity (Wildman–Crippen MR) is 115 cm³/mol. The minimum absolute atomic E-state index is 0.190. The molecule has 2 rings (SSSR count). The monoisotopic (exact) mass is 395 g/mol. The summed E-state index contributed by atoms with van der Waals surface area (Å²) in [6, 6.07) is 1.11. The number of carbonyl (C=O) groups excluding carboxylic acids is 1. The van der Waals surface area contributed by atoms with Gasteiger partial charge in [0.2, 0.25) is 0 Å². The first-order valence-electron chi connectivity index (χ1n) is 11.3. The maximum Gasteiger partial charge on any atom is 0.409 e. The molecule has 2 fully saturated rings. The first kappa shape index (κ1) is 22.8. The van der Waals surface area contributed by atoms with Crippen LogP contribution in [-0.2, 0) is 4.74 Å². The molecule has 1 atom stereocenters. The number of ether oxygens (including phenoxy) is 1. The summed E-state index contributed by atoms with van der Waals surface area (Å²) in [5, 5.41) is 6.90. The van der Waals surface area contributed by atoms with Crippen LogP contribution in [0.3, 0.4) is 0 Å². The van der Waals surface area contributed by atoms with E-state index in [0.29, 0.717) is 12.6 Å². The molecule has 1 unspecified atom stereocenters. The SMILES string of the molecule is CCNC(=NCCCCN1CCCCC1C)NC1CCN(C(=O)OCC)CC1. The third-order valence-corrected chi connectivity index (χ3v) is 5.77. The van der Waals surface area contributed by atoms with Gasteiger partial charge in [-0.3, -0.25) is 4.99 Å². The molecule has 0 aliphatic carbocycles. The molecule has 0 saturated carbocycles. The van der Waals surface area contributed by atoms with Crippen molar-refractivity contribution in [3.63, 3.8) is 0 Å². The zero-order valence-corrected chi connectivity index (χ0v) is 18.2. The number of hydrogen-bond donors (Lipinski definition) is 2. The van der Waals surface area contributed by atoms with Crippen LogP contribution in [0.4, 0.5) is 4.79 Å². The minimum atomic E-state index is -0.190. The van der Waals surface area contributed by atoms with Crippen molar-refractivity contribution in [2.75, 3.05) is 45.9 Å². The third kappa shape index (κ3) is 7.86. The molecule has 2 saturated heterocycles. The van der Waals surface area contributed by atoms with Crippen molar-refractivity contribution in [3.8, 4) is 0 Å². The summed E-state index contributed by atoms with van der Waals surface area (Å²) < 4.78 is 5.09. The fraction of sp³-hybridized carbons (Fsp3) is 0.905. The van der Waals surface area contributed by atoms with E-state index in [2.05, 4.69) is 29.4 Å². The highest BCUT2D eigenvalue weighted by molar-refractivity contribution is 5.80. The van der Waals surface area contributed by atoms with Crippen molar-refractivity contribution >= 4 is 12.1 Å². The molecular weight excluding hydrogens is 354 g/mol. The van der Waals surface area contributed by atoms with Crippen LogP contribution >= 0.6 is 0 Å². The highest BCUT2D eigenvalue weighted by Crippen LogP contribution is 2.16. The number of unbranched alkanes of at least 4 members (excludes halogenated alkanes) is 1. The van der Waals surface area contributed by atoms with E-state index >= 15 is 0 Å². The lowest BCUT2D eigenvalue weighted by Gasteiger charge is -2.33. The van der Waals surface area contributed by atoms with E-state index in [-0.39, 0.29) is 6.09 Å². The molecule has 0 aromatic carbocycles. The Labute approximate surface area is 171 Å². The average molecular weight is 396 g/mol. The highest BCUT2D eigenvalue weighted by atomic mass is 16.6. The van der Waals surface area contributed by atoms with E-state index in [1.54, 1.807) is 4.90 Å². The Hall–Kier alpha value is -1.50. The van der Waals surface area contributed by atoms with Gasteiger partial charge >= 0.3 is 6.09 Å². The average Bonchev–Trinajstić information content (AvgIpc) is 2.70. The van der Waals surface area contributed by atoms with Gasteiger partial charge in [0.25, 0.3) is 0 Å². The van der Waals surface area contributed by atoms with E-state index in [0.717, 1.165) is 57.4 Å². The second kappa shape index (κ2) is 12.9. The van der Waals surface area contributed by atoms with Gasteiger partial charge in [0.05, 0.1) is 6.61 Å². The first-order valence-corrected chi connectivity index (χ1v) is 11.3. The summed E-state index contributed by atoms with van der Waals surface area (Å²) in [5.74, 6) is 0.906. The maximum absolute atomic E-state index is 11.8. The number of rotatable bonds is 8. The fourth-order valence-corrected chi connectivity index (χ4v) is 4.04. The molecule has 7 heteroatoms. The van der Waals surface area contributed by atoms with Crippen LogP contribution in [-0.4, -0.2) is 79.8 Å². The van der Waals surface area contributed by atoms with Gasteiger partial charge in [-0.05, 0) is 72.4 Å². The van der Waals surface area contributed by atoms with Crippen LogP contribution < -0.4 is 10.6 Å². The van der Waals surface area contributed by atoms with Gasteiger partial charge in [-0.1, -0.05) is 6.42 Å². The number of amides is 1. The van der Waals surface area contributed by atoms with Gasteiger partial charge in [0, 0.05) is 38.3 Å². The molecular formula is C21H41N5O2. The quantitative estimate of drug-likeness (QED) is 0.376. The zero-order chi connectivity index (χ0) is 20.2. The normalized spacial score (nSPS) is 22.2. The number of piperidine rings is 2. The Morgan fingerprint density at radius 3 is 2.57 bits per heavy atom. The van der Waals surface area contributed by atoms with E-state index in [4.69, 9.17) is 9.73 Å². The fourth-order valence-electron chi connectivity index (χ4n) is 4.04. The van der Waals surface area contributed by atoms with Gasteiger partial charge < -0.3 is 25.2 Å². The predicted octanol–water partition coefficient (Wildman–Crippen LogP) is 2.82. The molecule has 2 aliphatic rings. The molecule has 2 heterocycles. The van der Waals surface area contributed by atoms with E-state index in [1.165, 1.54) is 38.8 Å². The number of aliphatic imine (C=N–C) groups is 1. The van der Waals surface area contributed by atoms with Crippen molar-refractivity contribution in [3.05, 3.63) is 0 Å². The summed E-state index contributed by atoms with van der Waals surface area (Å²) >= 11 is 0. The summed E-state index contributed by atoms with van der Waals surface area (Å²) in [4.78, 5) is 21.0. The molecule has 1 amide bonds. The number of nitrogens with zero attached hydrogens (tertiary/aromatic N) is 3. The van der Waals surface area contributed by atoms with Crippen LogP contribution in [0.1, 0.15) is 65.7 Å². The molecule has 2 N–H and O–H groups in total. The molecule has 0 bridgehead atoms.